The van der Waals surface area contributed by atoms with Crippen molar-refractivity contribution >= 4 is 25.9 Å². The van der Waals surface area contributed by atoms with Gasteiger partial charge in [-0.3, -0.25) is 0 Å². The second-order valence-corrected chi connectivity index (χ2v) is 18.0. The summed E-state index contributed by atoms with van der Waals surface area (Å²) in [7, 11) is -4.35. The summed E-state index contributed by atoms with van der Waals surface area (Å²) in [6.07, 6.45) is 7.09. The van der Waals surface area contributed by atoms with Crippen LogP contribution in [-0.2, 0) is 8.23 Å². The van der Waals surface area contributed by atoms with Gasteiger partial charge < -0.3 is 8.23 Å². The first-order valence-corrected chi connectivity index (χ1v) is 15.6. The summed E-state index contributed by atoms with van der Waals surface area (Å²) in [5.74, 6) is 0. The molecule has 0 aromatic rings. The van der Waals surface area contributed by atoms with E-state index in [1.807, 2.05) is 0 Å². The van der Waals surface area contributed by atoms with Crippen molar-refractivity contribution in [1.29, 1.82) is 0 Å². The smallest absolute Gasteiger partial charge is 0.310 e. The largest absolute Gasteiger partial charge is 0.439 e. The molecule has 0 aromatic carbocycles. The SMILES string of the molecule is C[SiH](O[Si](C)(C)O[Si](C)(C)C)C1CCCCC1. The molecule has 5 heteroatoms. The molecule has 1 unspecified atom stereocenters. The van der Waals surface area contributed by atoms with Gasteiger partial charge in [0.1, 0.15) is 0 Å². The molecule has 1 aliphatic carbocycles. The zero-order valence-corrected chi connectivity index (χ0v) is 15.7. The molecule has 17 heavy (non-hydrogen) atoms. The first kappa shape index (κ1) is 15.6. The average molecular weight is 291 g/mol. The number of rotatable bonds is 5. The molecular formula is C12H30O2Si3. The van der Waals surface area contributed by atoms with Crippen molar-refractivity contribution in [2.24, 2.45) is 0 Å². The molecule has 1 atom stereocenters. The third kappa shape index (κ3) is 6.33. The second kappa shape index (κ2) is 6.14. The van der Waals surface area contributed by atoms with Crippen LogP contribution >= 0.6 is 0 Å². The first-order chi connectivity index (χ1) is 7.70. The zero-order valence-electron chi connectivity index (χ0n) is 12.5. The molecule has 0 saturated heterocycles. The predicted octanol–water partition coefficient (Wildman–Crippen LogP) is 4.24. The van der Waals surface area contributed by atoms with Crippen LogP contribution in [0.25, 0.3) is 0 Å². The molecule has 102 valence electrons. The van der Waals surface area contributed by atoms with Crippen molar-refractivity contribution < 1.29 is 8.23 Å². The van der Waals surface area contributed by atoms with Gasteiger partial charge in [0.05, 0.1) is 0 Å². The Morgan fingerprint density at radius 3 is 1.94 bits per heavy atom. The Kier molecular flexibility index (Phi) is 5.65. The lowest BCUT2D eigenvalue weighted by molar-refractivity contribution is 0.381. The number of hydrogen-bond acceptors (Lipinski definition) is 2. The third-order valence-electron chi connectivity index (χ3n) is 3.34. The van der Waals surface area contributed by atoms with Crippen molar-refractivity contribution in [2.75, 3.05) is 0 Å². The summed E-state index contributed by atoms with van der Waals surface area (Å²) >= 11 is 0. The minimum atomic E-state index is -1.86. The highest BCUT2D eigenvalue weighted by molar-refractivity contribution is 6.84. The summed E-state index contributed by atoms with van der Waals surface area (Å²) in [6, 6.07) is 0. The Labute approximate surface area is 111 Å². The molecule has 0 heterocycles. The second-order valence-electron chi connectivity index (χ2n) is 6.84. The first-order valence-electron chi connectivity index (χ1n) is 7.08. The Bertz CT molecular complexity index is 232. The standard InChI is InChI=1S/C12H30O2Si3/c1-15(12-10-8-7-9-11-12)13-17(5,6)14-16(2,3)4/h12,15H,7-11H2,1-6H3. The molecule has 0 aromatic heterocycles. The van der Waals surface area contributed by atoms with Crippen molar-refractivity contribution in [3.05, 3.63) is 0 Å². The maximum absolute atomic E-state index is 6.44. The molecule has 1 rings (SSSR count). The fourth-order valence-corrected chi connectivity index (χ4v) is 15.2. The van der Waals surface area contributed by atoms with Crippen LogP contribution in [0.2, 0.25) is 44.8 Å². The van der Waals surface area contributed by atoms with Crippen molar-refractivity contribution in [3.63, 3.8) is 0 Å². The predicted molar refractivity (Wildman–Crippen MR) is 82.8 cm³/mol. The summed E-state index contributed by atoms with van der Waals surface area (Å²) in [5, 5.41) is 0. The quantitative estimate of drug-likeness (QED) is 0.705. The highest BCUT2D eigenvalue weighted by Crippen LogP contribution is 2.33. The molecule has 1 saturated carbocycles. The molecule has 0 amide bonds. The average Bonchev–Trinajstić information content (AvgIpc) is 2.14. The Balaban J connectivity index is 2.45. The van der Waals surface area contributed by atoms with Gasteiger partial charge in [0, 0.05) is 0 Å². The van der Waals surface area contributed by atoms with E-state index in [2.05, 4.69) is 39.3 Å². The van der Waals surface area contributed by atoms with Gasteiger partial charge in [0.2, 0.25) is 0 Å². The Morgan fingerprint density at radius 2 is 1.47 bits per heavy atom. The molecule has 0 aliphatic heterocycles. The van der Waals surface area contributed by atoms with E-state index >= 15 is 0 Å². The maximum atomic E-state index is 6.44. The molecule has 0 bridgehead atoms. The van der Waals surface area contributed by atoms with E-state index in [1.165, 1.54) is 32.1 Å². The van der Waals surface area contributed by atoms with Gasteiger partial charge in [-0.2, -0.15) is 0 Å². The third-order valence-corrected chi connectivity index (χ3v) is 13.5. The van der Waals surface area contributed by atoms with Crippen molar-refractivity contribution in [3.8, 4) is 0 Å². The van der Waals surface area contributed by atoms with Crippen LogP contribution < -0.4 is 0 Å². The lowest BCUT2D eigenvalue weighted by Crippen LogP contribution is -2.48. The Hall–Kier alpha value is 0.571. The monoisotopic (exact) mass is 290 g/mol. The van der Waals surface area contributed by atoms with Crippen molar-refractivity contribution in [1.82, 2.24) is 0 Å². The van der Waals surface area contributed by atoms with Crippen LogP contribution in [0.5, 0.6) is 0 Å². The molecule has 0 N–H and O–H groups in total. The van der Waals surface area contributed by atoms with Crippen LogP contribution in [0, 0.1) is 0 Å². The molecule has 0 spiro atoms. The van der Waals surface area contributed by atoms with E-state index in [1.54, 1.807) is 0 Å². The van der Waals surface area contributed by atoms with E-state index in [-0.39, 0.29) is 0 Å². The molecule has 0 radical (unpaired) electrons. The highest BCUT2D eigenvalue weighted by Gasteiger charge is 2.35. The fourth-order valence-electron chi connectivity index (χ4n) is 2.91. The zero-order chi connectivity index (χ0) is 13.1. The van der Waals surface area contributed by atoms with Gasteiger partial charge in [-0.15, -0.1) is 0 Å². The van der Waals surface area contributed by atoms with E-state index in [9.17, 15) is 0 Å². The van der Waals surface area contributed by atoms with Crippen LogP contribution in [-0.4, -0.2) is 25.9 Å². The van der Waals surface area contributed by atoms with E-state index < -0.39 is 25.9 Å². The lowest BCUT2D eigenvalue weighted by atomic mass is 10.0. The maximum Gasteiger partial charge on any atom is 0.310 e. The number of hydrogen-bond donors (Lipinski definition) is 0. The summed E-state index contributed by atoms with van der Waals surface area (Å²) < 4.78 is 12.7. The van der Waals surface area contributed by atoms with Gasteiger partial charge in [0.15, 0.2) is 17.4 Å². The van der Waals surface area contributed by atoms with E-state index in [0.717, 1.165) is 5.54 Å². The Morgan fingerprint density at radius 1 is 0.941 bits per heavy atom. The summed E-state index contributed by atoms with van der Waals surface area (Å²) in [6.45, 7) is 13.6. The van der Waals surface area contributed by atoms with Crippen LogP contribution in [0.1, 0.15) is 32.1 Å². The molecular weight excluding hydrogens is 260 g/mol. The van der Waals surface area contributed by atoms with Gasteiger partial charge in [-0.05, 0) is 44.8 Å². The normalized spacial score (nSPS) is 21.5. The summed E-state index contributed by atoms with van der Waals surface area (Å²) in [5.41, 5.74) is 0.903. The van der Waals surface area contributed by atoms with Gasteiger partial charge in [-0.1, -0.05) is 32.1 Å². The molecule has 2 nitrogen and oxygen atoms in total. The van der Waals surface area contributed by atoms with Crippen molar-refractivity contribution in [2.45, 2.75) is 76.9 Å². The minimum Gasteiger partial charge on any atom is -0.439 e. The van der Waals surface area contributed by atoms with E-state index in [4.69, 9.17) is 8.23 Å². The molecule has 1 aliphatic rings. The van der Waals surface area contributed by atoms with Crippen LogP contribution in [0.3, 0.4) is 0 Å². The molecule has 1 fully saturated rings. The topological polar surface area (TPSA) is 18.5 Å². The van der Waals surface area contributed by atoms with E-state index in [0.29, 0.717) is 0 Å². The van der Waals surface area contributed by atoms with Crippen LogP contribution in [0.15, 0.2) is 0 Å². The summed E-state index contributed by atoms with van der Waals surface area (Å²) in [4.78, 5) is 0. The fraction of sp³-hybridized carbons (Fsp3) is 1.00. The highest BCUT2D eigenvalue weighted by atomic mass is 28.5. The van der Waals surface area contributed by atoms with Gasteiger partial charge in [-0.25, -0.2) is 0 Å². The van der Waals surface area contributed by atoms with Gasteiger partial charge >= 0.3 is 8.56 Å². The van der Waals surface area contributed by atoms with Crippen LogP contribution in [0.4, 0.5) is 0 Å². The van der Waals surface area contributed by atoms with Gasteiger partial charge in [0.25, 0.3) is 0 Å². The lowest BCUT2D eigenvalue weighted by Gasteiger charge is -2.36. The minimum absolute atomic E-state index is 0.903.